The molecular formula is C11H16N2O3. The van der Waals surface area contributed by atoms with Crippen molar-refractivity contribution in [3.63, 3.8) is 0 Å². The molecule has 0 radical (unpaired) electrons. The van der Waals surface area contributed by atoms with Crippen LogP contribution < -0.4 is 5.56 Å². The number of nitrogens with zero attached hydrogens (tertiary/aromatic N) is 1. The second-order valence-corrected chi connectivity index (χ2v) is 3.42. The molecule has 0 saturated heterocycles. The molecular weight excluding hydrogens is 208 g/mol. The van der Waals surface area contributed by atoms with Crippen LogP contribution in [0.3, 0.4) is 0 Å². The Hall–Kier alpha value is -1.65. The minimum atomic E-state index is -0.405. The number of carbonyl (C=O) groups excluding carboxylic acids is 1. The molecule has 0 fully saturated rings. The maximum absolute atomic E-state index is 11.6. The lowest BCUT2D eigenvalue weighted by atomic mass is 10.2. The summed E-state index contributed by atoms with van der Waals surface area (Å²) in [6, 6.07) is 0. The standard InChI is InChI=1S/C11H16N2O3/c1-3-5-9-12-7-8(11(15)13-9)6-10(14)16-4-2/h7H,3-6H2,1-2H3,(H,12,13,15). The topological polar surface area (TPSA) is 72.0 Å². The minimum absolute atomic E-state index is 0.0252. The number of hydrogen-bond acceptors (Lipinski definition) is 4. The van der Waals surface area contributed by atoms with Crippen molar-refractivity contribution in [2.24, 2.45) is 0 Å². The third-order valence-electron chi connectivity index (χ3n) is 2.05. The summed E-state index contributed by atoms with van der Waals surface area (Å²) in [6.45, 7) is 4.05. The highest BCUT2D eigenvalue weighted by atomic mass is 16.5. The molecule has 1 N–H and O–H groups in total. The summed E-state index contributed by atoms with van der Waals surface area (Å²) in [4.78, 5) is 29.5. The molecule has 5 nitrogen and oxygen atoms in total. The Kier molecular flexibility index (Phi) is 4.69. The fraction of sp³-hybridized carbons (Fsp3) is 0.545. The third-order valence-corrected chi connectivity index (χ3v) is 2.05. The van der Waals surface area contributed by atoms with Crippen molar-refractivity contribution in [2.75, 3.05) is 6.61 Å². The van der Waals surface area contributed by atoms with Gasteiger partial charge in [-0.15, -0.1) is 0 Å². The maximum Gasteiger partial charge on any atom is 0.310 e. The predicted octanol–water partition coefficient (Wildman–Crippen LogP) is 0.828. The molecule has 5 heteroatoms. The van der Waals surface area contributed by atoms with Gasteiger partial charge in [0, 0.05) is 18.2 Å². The zero-order valence-corrected chi connectivity index (χ0v) is 9.58. The zero-order chi connectivity index (χ0) is 12.0. The lowest BCUT2D eigenvalue weighted by molar-refractivity contribution is -0.142. The second kappa shape index (κ2) is 6.05. The third kappa shape index (κ3) is 3.49. The Balaban J connectivity index is 2.75. The Morgan fingerprint density at radius 3 is 2.81 bits per heavy atom. The number of hydrogen-bond donors (Lipinski definition) is 1. The Morgan fingerprint density at radius 1 is 1.50 bits per heavy atom. The van der Waals surface area contributed by atoms with Crippen molar-refractivity contribution < 1.29 is 9.53 Å². The van der Waals surface area contributed by atoms with Gasteiger partial charge in [0.15, 0.2) is 0 Å². The van der Waals surface area contributed by atoms with Gasteiger partial charge in [0.1, 0.15) is 5.82 Å². The molecule has 0 atom stereocenters. The van der Waals surface area contributed by atoms with E-state index < -0.39 is 5.97 Å². The van der Waals surface area contributed by atoms with E-state index in [-0.39, 0.29) is 12.0 Å². The zero-order valence-electron chi connectivity index (χ0n) is 9.58. The molecule has 0 aliphatic carbocycles. The van der Waals surface area contributed by atoms with E-state index >= 15 is 0 Å². The van der Waals surface area contributed by atoms with Crippen LogP contribution in [0.4, 0.5) is 0 Å². The molecule has 0 aromatic carbocycles. The summed E-state index contributed by atoms with van der Waals surface area (Å²) in [7, 11) is 0. The van der Waals surface area contributed by atoms with Crippen LogP contribution in [0, 0.1) is 0 Å². The summed E-state index contributed by atoms with van der Waals surface area (Å²) >= 11 is 0. The molecule has 1 aromatic rings. The van der Waals surface area contributed by atoms with E-state index in [4.69, 9.17) is 4.74 Å². The smallest absolute Gasteiger partial charge is 0.310 e. The van der Waals surface area contributed by atoms with Gasteiger partial charge in [0.05, 0.1) is 13.0 Å². The lowest BCUT2D eigenvalue weighted by Crippen LogP contribution is -2.20. The van der Waals surface area contributed by atoms with Crippen molar-refractivity contribution >= 4 is 5.97 Å². The molecule has 0 amide bonds. The fourth-order valence-electron chi connectivity index (χ4n) is 1.32. The van der Waals surface area contributed by atoms with Crippen LogP contribution in [0.5, 0.6) is 0 Å². The second-order valence-electron chi connectivity index (χ2n) is 3.42. The van der Waals surface area contributed by atoms with Crippen LogP contribution in [0.15, 0.2) is 11.0 Å². The molecule has 0 aliphatic heterocycles. The highest BCUT2D eigenvalue weighted by Gasteiger charge is 2.08. The average molecular weight is 224 g/mol. The molecule has 0 bridgehead atoms. The molecule has 16 heavy (non-hydrogen) atoms. The van der Waals surface area contributed by atoms with Crippen molar-refractivity contribution in [1.82, 2.24) is 9.97 Å². The van der Waals surface area contributed by atoms with Gasteiger partial charge in [-0.3, -0.25) is 9.59 Å². The van der Waals surface area contributed by atoms with E-state index in [0.717, 1.165) is 12.8 Å². The van der Waals surface area contributed by atoms with Crippen LogP contribution in [-0.4, -0.2) is 22.5 Å². The van der Waals surface area contributed by atoms with E-state index in [0.29, 0.717) is 18.0 Å². The molecule has 0 saturated carbocycles. The van der Waals surface area contributed by atoms with E-state index in [1.807, 2.05) is 6.92 Å². The first-order chi connectivity index (χ1) is 7.67. The van der Waals surface area contributed by atoms with Crippen molar-refractivity contribution in [2.45, 2.75) is 33.1 Å². The maximum atomic E-state index is 11.6. The quantitative estimate of drug-likeness (QED) is 0.752. The van der Waals surface area contributed by atoms with E-state index in [9.17, 15) is 9.59 Å². The summed E-state index contributed by atoms with van der Waals surface area (Å²) in [5.74, 6) is 0.248. The average Bonchev–Trinajstić information content (AvgIpc) is 2.23. The first-order valence-corrected chi connectivity index (χ1v) is 5.40. The molecule has 1 heterocycles. The number of carbonyl (C=O) groups is 1. The largest absolute Gasteiger partial charge is 0.466 e. The summed E-state index contributed by atoms with van der Waals surface area (Å²) in [6.07, 6.45) is 3.07. The van der Waals surface area contributed by atoms with Gasteiger partial charge in [0.25, 0.3) is 5.56 Å². The van der Waals surface area contributed by atoms with Gasteiger partial charge in [-0.2, -0.15) is 0 Å². The molecule has 88 valence electrons. The monoisotopic (exact) mass is 224 g/mol. The Bertz CT molecular complexity index is 412. The van der Waals surface area contributed by atoms with Crippen LogP contribution in [0.1, 0.15) is 31.7 Å². The SMILES string of the molecule is CCCc1ncc(CC(=O)OCC)c(=O)[nH]1. The van der Waals surface area contributed by atoms with Crippen LogP contribution >= 0.6 is 0 Å². The number of H-pyrrole nitrogens is 1. The van der Waals surface area contributed by atoms with Gasteiger partial charge in [0.2, 0.25) is 0 Å². The highest BCUT2D eigenvalue weighted by Crippen LogP contribution is 1.96. The number of aromatic nitrogens is 2. The van der Waals surface area contributed by atoms with Gasteiger partial charge in [-0.05, 0) is 13.3 Å². The highest BCUT2D eigenvalue weighted by molar-refractivity contribution is 5.72. The number of nitrogens with one attached hydrogen (secondary N) is 1. The van der Waals surface area contributed by atoms with Crippen molar-refractivity contribution in [3.8, 4) is 0 Å². The summed E-state index contributed by atoms with van der Waals surface area (Å²) in [5.41, 5.74) is 0.0878. The minimum Gasteiger partial charge on any atom is -0.466 e. The van der Waals surface area contributed by atoms with Crippen LogP contribution in [-0.2, 0) is 22.4 Å². The molecule has 0 spiro atoms. The Labute approximate surface area is 93.9 Å². The predicted molar refractivity (Wildman–Crippen MR) is 59.2 cm³/mol. The van der Waals surface area contributed by atoms with Gasteiger partial charge in [-0.1, -0.05) is 6.92 Å². The van der Waals surface area contributed by atoms with E-state index in [1.165, 1.54) is 6.20 Å². The number of esters is 1. The van der Waals surface area contributed by atoms with E-state index in [1.54, 1.807) is 6.92 Å². The van der Waals surface area contributed by atoms with Gasteiger partial charge < -0.3 is 9.72 Å². The molecule has 1 rings (SSSR count). The summed E-state index contributed by atoms with van der Waals surface area (Å²) in [5, 5.41) is 0. The fourth-order valence-corrected chi connectivity index (χ4v) is 1.32. The van der Waals surface area contributed by atoms with Gasteiger partial charge in [-0.25, -0.2) is 4.98 Å². The summed E-state index contributed by atoms with van der Waals surface area (Å²) < 4.78 is 4.76. The van der Waals surface area contributed by atoms with E-state index in [2.05, 4.69) is 9.97 Å². The lowest BCUT2D eigenvalue weighted by Gasteiger charge is -2.02. The van der Waals surface area contributed by atoms with Crippen molar-refractivity contribution in [3.05, 3.63) is 27.9 Å². The normalized spacial score (nSPS) is 10.1. The van der Waals surface area contributed by atoms with Crippen LogP contribution in [0.2, 0.25) is 0 Å². The van der Waals surface area contributed by atoms with Gasteiger partial charge >= 0.3 is 5.97 Å². The first-order valence-electron chi connectivity index (χ1n) is 5.40. The van der Waals surface area contributed by atoms with Crippen molar-refractivity contribution in [1.29, 1.82) is 0 Å². The Morgan fingerprint density at radius 2 is 2.25 bits per heavy atom. The molecule has 1 aromatic heterocycles. The van der Waals surface area contributed by atoms with Crippen LogP contribution in [0.25, 0.3) is 0 Å². The number of aromatic amines is 1. The number of aryl methyl sites for hydroxylation is 1. The first kappa shape index (κ1) is 12.4. The molecule has 0 unspecified atom stereocenters. The molecule has 0 aliphatic rings. The number of ether oxygens (including phenoxy) is 1. The number of rotatable bonds is 5.